The van der Waals surface area contributed by atoms with Gasteiger partial charge in [-0.05, 0) is 35.9 Å². The highest BCUT2D eigenvalue weighted by Crippen LogP contribution is 2.32. The average molecular weight is 375 g/mol. The normalized spacial score (nSPS) is 14.0. The van der Waals surface area contributed by atoms with E-state index in [4.69, 9.17) is 0 Å². The maximum atomic E-state index is 12.9. The zero-order valence-corrected chi connectivity index (χ0v) is 15.2. The van der Waals surface area contributed by atoms with E-state index in [2.05, 4.69) is 15.6 Å². The second-order valence-electron chi connectivity index (χ2n) is 6.12. The minimum Gasteiger partial charge on any atom is -0.340 e. The topological polar surface area (TPSA) is 71.1 Å². The van der Waals surface area contributed by atoms with Crippen LogP contribution in [0.5, 0.6) is 0 Å². The molecule has 1 unspecified atom stereocenters. The van der Waals surface area contributed by atoms with Gasteiger partial charge in [0.25, 0.3) is 5.91 Å². The van der Waals surface area contributed by atoms with Crippen LogP contribution in [0.25, 0.3) is 0 Å². The Kier molecular flexibility index (Phi) is 4.89. The molecule has 0 spiro atoms. The molecule has 1 aliphatic heterocycles. The Balaban J connectivity index is 1.63. The molecule has 1 atom stereocenters. The number of hydrogen-bond donors (Lipinski definition) is 2. The van der Waals surface area contributed by atoms with E-state index in [1.165, 1.54) is 11.8 Å². The van der Waals surface area contributed by atoms with Gasteiger partial charge in [0.15, 0.2) is 0 Å². The zero-order chi connectivity index (χ0) is 18.6. The SMILES string of the molecule is O=C1CSc2ccc(C(=O)NC(c3ccccc3)c3ccccn3)cc2N1. The number of anilines is 1. The number of nitrogens with one attached hydrogen (secondary N) is 2. The van der Waals surface area contributed by atoms with Crippen LogP contribution >= 0.6 is 11.8 Å². The largest absolute Gasteiger partial charge is 0.340 e. The molecule has 0 radical (unpaired) electrons. The van der Waals surface area contributed by atoms with Crippen LogP contribution in [-0.4, -0.2) is 22.6 Å². The zero-order valence-electron chi connectivity index (χ0n) is 14.4. The first-order valence-corrected chi connectivity index (χ1v) is 9.53. The predicted molar refractivity (Wildman–Crippen MR) is 106 cm³/mol. The van der Waals surface area contributed by atoms with Crippen LogP contribution in [0, 0.1) is 0 Å². The molecular formula is C21H17N3O2S. The van der Waals surface area contributed by atoms with Crippen molar-refractivity contribution >= 4 is 29.3 Å². The number of pyridine rings is 1. The van der Waals surface area contributed by atoms with Gasteiger partial charge in [-0.3, -0.25) is 14.6 Å². The fraction of sp³-hybridized carbons (Fsp3) is 0.0952. The summed E-state index contributed by atoms with van der Waals surface area (Å²) < 4.78 is 0. The van der Waals surface area contributed by atoms with Crippen molar-refractivity contribution in [1.82, 2.24) is 10.3 Å². The van der Waals surface area contributed by atoms with E-state index in [0.29, 0.717) is 17.0 Å². The quantitative estimate of drug-likeness (QED) is 0.730. The van der Waals surface area contributed by atoms with E-state index in [1.54, 1.807) is 18.3 Å². The molecule has 5 nitrogen and oxygen atoms in total. The maximum absolute atomic E-state index is 12.9. The molecule has 3 aromatic rings. The molecule has 0 bridgehead atoms. The molecule has 1 aliphatic rings. The Morgan fingerprint density at radius 2 is 1.89 bits per heavy atom. The van der Waals surface area contributed by atoms with E-state index in [-0.39, 0.29) is 17.9 Å². The highest BCUT2D eigenvalue weighted by Gasteiger charge is 2.21. The van der Waals surface area contributed by atoms with Crippen LogP contribution in [0.2, 0.25) is 0 Å². The second-order valence-corrected chi connectivity index (χ2v) is 7.14. The summed E-state index contributed by atoms with van der Waals surface area (Å²) in [5, 5.41) is 5.88. The molecular weight excluding hydrogens is 358 g/mol. The molecule has 6 heteroatoms. The molecule has 2 aromatic carbocycles. The molecule has 134 valence electrons. The lowest BCUT2D eigenvalue weighted by Crippen LogP contribution is -2.30. The number of hydrogen-bond acceptors (Lipinski definition) is 4. The van der Waals surface area contributed by atoms with Crippen molar-refractivity contribution in [2.75, 3.05) is 11.1 Å². The van der Waals surface area contributed by atoms with Crippen LogP contribution in [0.1, 0.15) is 27.7 Å². The summed E-state index contributed by atoms with van der Waals surface area (Å²) in [5.74, 6) is 0.122. The number of fused-ring (bicyclic) bond motifs is 1. The second kappa shape index (κ2) is 7.63. The Hall–Kier alpha value is -3.12. The van der Waals surface area contributed by atoms with Gasteiger partial charge in [0.2, 0.25) is 5.91 Å². The Morgan fingerprint density at radius 1 is 1.07 bits per heavy atom. The van der Waals surface area contributed by atoms with Crippen molar-refractivity contribution in [3.05, 3.63) is 89.7 Å². The maximum Gasteiger partial charge on any atom is 0.252 e. The van der Waals surface area contributed by atoms with Crippen molar-refractivity contribution in [2.24, 2.45) is 0 Å². The predicted octanol–water partition coefficient (Wildman–Crippen LogP) is 3.65. The van der Waals surface area contributed by atoms with Crippen LogP contribution in [0.3, 0.4) is 0 Å². The molecule has 27 heavy (non-hydrogen) atoms. The highest BCUT2D eigenvalue weighted by molar-refractivity contribution is 8.00. The number of aromatic nitrogens is 1. The highest BCUT2D eigenvalue weighted by atomic mass is 32.2. The first kappa shape index (κ1) is 17.3. The molecule has 0 saturated carbocycles. The number of nitrogens with zero attached hydrogens (tertiary/aromatic N) is 1. The van der Waals surface area contributed by atoms with Crippen molar-refractivity contribution in [3.8, 4) is 0 Å². The Morgan fingerprint density at radius 3 is 2.67 bits per heavy atom. The molecule has 0 saturated heterocycles. The van der Waals surface area contributed by atoms with Gasteiger partial charge in [-0.1, -0.05) is 36.4 Å². The molecule has 1 aromatic heterocycles. The van der Waals surface area contributed by atoms with Crippen molar-refractivity contribution in [3.63, 3.8) is 0 Å². The number of carbonyl (C=O) groups excluding carboxylic acids is 2. The summed E-state index contributed by atoms with van der Waals surface area (Å²) in [6.07, 6.45) is 1.71. The van der Waals surface area contributed by atoms with Gasteiger partial charge < -0.3 is 10.6 Å². The van der Waals surface area contributed by atoms with Gasteiger partial charge in [0, 0.05) is 16.7 Å². The van der Waals surface area contributed by atoms with Crippen molar-refractivity contribution in [1.29, 1.82) is 0 Å². The summed E-state index contributed by atoms with van der Waals surface area (Å²) in [6.45, 7) is 0. The summed E-state index contributed by atoms with van der Waals surface area (Å²) in [7, 11) is 0. The van der Waals surface area contributed by atoms with Gasteiger partial charge in [-0.15, -0.1) is 11.8 Å². The fourth-order valence-corrected chi connectivity index (χ4v) is 3.75. The van der Waals surface area contributed by atoms with E-state index in [0.717, 1.165) is 16.2 Å². The monoisotopic (exact) mass is 375 g/mol. The van der Waals surface area contributed by atoms with Crippen LogP contribution in [0.4, 0.5) is 5.69 Å². The number of benzene rings is 2. The summed E-state index contributed by atoms with van der Waals surface area (Å²) in [4.78, 5) is 29.9. The van der Waals surface area contributed by atoms with Crippen molar-refractivity contribution in [2.45, 2.75) is 10.9 Å². The first-order valence-electron chi connectivity index (χ1n) is 8.54. The third-order valence-corrected chi connectivity index (χ3v) is 5.34. The molecule has 2 heterocycles. The number of amides is 2. The average Bonchev–Trinajstić information content (AvgIpc) is 2.72. The van der Waals surface area contributed by atoms with Gasteiger partial charge in [0.1, 0.15) is 0 Å². The standard InChI is InChI=1S/C21H17N3O2S/c25-19-13-27-18-10-9-15(12-17(18)23-19)21(26)24-20(14-6-2-1-3-7-14)16-8-4-5-11-22-16/h1-12,20H,13H2,(H,23,25)(H,24,26). The van der Waals surface area contributed by atoms with Gasteiger partial charge >= 0.3 is 0 Å². The van der Waals surface area contributed by atoms with Crippen LogP contribution in [0.15, 0.2) is 77.8 Å². The third kappa shape index (κ3) is 3.85. The number of rotatable bonds is 4. The summed E-state index contributed by atoms with van der Waals surface area (Å²) in [5.41, 5.74) is 2.89. The lowest BCUT2D eigenvalue weighted by Gasteiger charge is -2.20. The van der Waals surface area contributed by atoms with Crippen molar-refractivity contribution < 1.29 is 9.59 Å². The van der Waals surface area contributed by atoms with Crippen LogP contribution in [-0.2, 0) is 4.79 Å². The van der Waals surface area contributed by atoms with E-state index >= 15 is 0 Å². The van der Waals surface area contributed by atoms with E-state index in [1.807, 2.05) is 54.6 Å². The first-order chi connectivity index (χ1) is 13.2. The summed E-state index contributed by atoms with van der Waals surface area (Å²) in [6, 6.07) is 20.4. The molecule has 0 fully saturated rings. The minimum atomic E-state index is -0.361. The Bertz CT molecular complexity index is 938. The number of thioether (sulfide) groups is 1. The van der Waals surface area contributed by atoms with Gasteiger partial charge in [0.05, 0.1) is 23.2 Å². The fourth-order valence-electron chi connectivity index (χ4n) is 2.96. The molecule has 4 rings (SSSR count). The van der Waals surface area contributed by atoms with E-state index in [9.17, 15) is 9.59 Å². The Labute approximate surface area is 161 Å². The lowest BCUT2D eigenvalue weighted by atomic mass is 10.0. The van der Waals surface area contributed by atoms with Crippen LogP contribution < -0.4 is 10.6 Å². The molecule has 2 amide bonds. The molecule has 0 aliphatic carbocycles. The van der Waals surface area contributed by atoms with Gasteiger partial charge in [-0.2, -0.15) is 0 Å². The van der Waals surface area contributed by atoms with E-state index < -0.39 is 0 Å². The van der Waals surface area contributed by atoms with Gasteiger partial charge in [-0.25, -0.2) is 0 Å². The smallest absolute Gasteiger partial charge is 0.252 e. The lowest BCUT2D eigenvalue weighted by molar-refractivity contribution is -0.113. The number of carbonyl (C=O) groups is 2. The third-order valence-electron chi connectivity index (χ3n) is 4.27. The minimum absolute atomic E-state index is 0.0549. The summed E-state index contributed by atoms with van der Waals surface area (Å²) >= 11 is 1.47. The molecule has 2 N–H and O–H groups in total.